The SMILES string of the molecule is COc1cc(C(=O)N2CC(C)(O)C2)ccc1NCC#Cc1cc2c(N[C@@H]3CCN(C(=O)OC(C)(C)C)C[C@@H]3F)cccn2c1SC(F)(F)F. The van der Waals surface area contributed by atoms with Gasteiger partial charge >= 0.3 is 11.6 Å². The molecule has 3 aromatic rings. The van der Waals surface area contributed by atoms with E-state index in [0.717, 1.165) is 0 Å². The van der Waals surface area contributed by atoms with Crippen molar-refractivity contribution in [1.29, 1.82) is 0 Å². The van der Waals surface area contributed by atoms with Crippen LogP contribution in [0.2, 0.25) is 0 Å². The van der Waals surface area contributed by atoms with Crippen LogP contribution in [0.15, 0.2) is 47.6 Å². The number of anilines is 2. The number of amides is 2. The van der Waals surface area contributed by atoms with Crippen molar-refractivity contribution in [2.45, 2.75) is 68.1 Å². The molecule has 5 rings (SSSR count). The van der Waals surface area contributed by atoms with E-state index in [0.29, 0.717) is 28.2 Å². The minimum absolute atomic E-state index is 0.0474. The molecule has 2 amide bonds. The fourth-order valence-corrected chi connectivity index (χ4v) is 6.41. The summed E-state index contributed by atoms with van der Waals surface area (Å²) in [6.45, 7) is 7.43. The lowest BCUT2D eigenvalue weighted by molar-refractivity contribution is -0.0668. The summed E-state index contributed by atoms with van der Waals surface area (Å²) in [5, 5.41) is 16.0. The number of hydrogen-bond donors (Lipinski definition) is 3. The van der Waals surface area contributed by atoms with E-state index in [4.69, 9.17) is 9.47 Å². The van der Waals surface area contributed by atoms with Crippen molar-refractivity contribution in [2.24, 2.45) is 0 Å². The zero-order valence-electron chi connectivity index (χ0n) is 27.8. The highest BCUT2D eigenvalue weighted by Crippen LogP contribution is 2.41. The largest absolute Gasteiger partial charge is 0.495 e. The van der Waals surface area contributed by atoms with Gasteiger partial charge in [0.2, 0.25) is 0 Å². The predicted molar refractivity (Wildman–Crippen MR) is 179 cm³/mol. The number of β-amino-alcohol motifs (C(OH)–C–C–N with tert-alkyl or cyclic N) is 1. The first-order valence-electron chi connectivity index (χ1n) is 15.6. The van der Waals surface area contributed by atoms with Crippen molar-refractivity contribution in [3.63, 3.8) is 0 Å². The van der Waals surface area contributed by atoms with Crippen LogP contribution in [0.3, 0.4) is 0 Å². The standard InChI is InChI=1S/C34H39F4N5O5S/c1-32(2,3)48-31(45)41-15-12-24(23(35)18-41)40-25-9-7-14-43-27(25)16-22(30(43)49-34(36,37)38)8-6-13-39-26-11-10-21(17-28(26)47-5)29(44)42-19-33(4,46)20-42/h7,9-11,14,16-17,23-24,39-40,46H,12-13,15,18-20H2,1-5H3/t23-,24+/m0/s1. The number of carbonyl (C=O) groups is 2. The molecular weight excluding hydrogens is 666 g/mol. The highest BCUT2D eigenvalue weighted by Gasteiger charge is 2.40. The first kappa shape index (κ1) is 36.0. The maximum Gasteiger partial charge on any atom is 0.447 e. The molecule has 3 N–H and O–H groups in total. The molecule has 264 valence electrons. The molecule has 0 radical (unpaired) electrons. The molecule has 10 nitrogen and oxygen atoms in total. The van der Waals surface area contributed by atoms with Crippen molar-refractivity contribution < 1.29 is 41.7 Å². The number of hydrogen-bond acceptors (Lipinski definition) is 8. The van der Waals surface area contributed by atoms with Crippen molar-refractivity contribution in [1.82, 2.24) is 14.2 Å². The van der Waals surface area contributed by atoms with Gasteiger partial charge in [-0.2, -0.15) is 13.2 Å². The Morgan fingerprint density at radius 2 is 1.86 bits per heavy atom. The summed E-state index contributed by atoms with van der Waals surface area (Å²) in [4.78, 5) is 28.0. The number of carbonyl (C=O) groups excluding carboxylic acids is 2. The zero-order chi connectivity index (χ0) is 35.7. The van der Waals surface area contributed by atoms with Gasteiger partial charge in [0.25, 0.3) is 5.91 Å². The number of aliphatic hydroxyl groups is 1. The number of fused-ring (bicyclic) bond motifs is 1. The fourth-order valence-electron chi connectivity index (χ4n) is 5.71. The number of ether oxygens (including phenoxy) is 2. The summed E-state index contributed by atoms with van der Waals surface area (Å²) in [6.07, 6.45) is -0.283. The number of pyridine rings is 1. The molecule has 0 unspecified atom stereocenters. The Bertz CT molecular complexity index is 1770. The molecule has 2 aliphatic heterocycles. The average Bonchev–Trinajstić information content (AvgIpc) is 3.34. The molecule has 1 aromatic carbocycles. The molecule has 0 aliphatic carbocycles. The Morgan fingerprint density at radius 3 is 2.49 bits per heavy atom. The smallest absolute Gasteiger partial charge is 0.447 e. The molecule has 15 heteroatoms. The second kappa shape index (κ2) is 13.9. The number of nitrogens with zero attached hydrogens (tertiary/aromatic N) is 3. The lowest BCUT2D eigenvalue weighted by atomic mass is 9.96. The van der Waals surface area contributed by atoms with Crippen LogP contribution < -0.4 is 15.4 Å². The molecule has 2 saturated heterocycles. The van der Waals surface area contributed by atoms with Crippen LogP contribution in [0.4, 0.5) is 33.7 Å². The number of piperidine rings is 1. The van der Waals surface area contributed by atoms with Crippen molar-refractivity contribution in [3.05, 3.63) is 53.7 Å². The van der Waals surface area contributed by atoms with E-state index in [1.807, 2.05) is 0 Å². The quantitative estimate of drug-likeness (QED) is 0.157. The minimum atomic E-state index is -4.59. The predicted octanol–water partition coefficient (Wildman–Crippen LogP) is 5.99. The topological polar surface area (TPSA) is 108 Å². The van der Waals surface area contributed by atoms with Gasteiger partial charge in [-0.3, -0.25) is 4.79 Å². The highest BCUT2D eigenvalue weighted by molar-refractivity contribution is 8.00. The van der Waals surface area contributed by atoms with Gasteiger partial charge in [-0.15, -0.1) is 0 Å². The van der Waals surface area contributed by atoms with Gasteiger partial charge in [-0.05, 0) is 70.5 Å². The second-order valence-electron chi connectivity index (χ2n) is 13.3. The number of halogens is 4. The molecule has 4 heterocycles. The van der Waals surface area contributed by atoms with E-state index in [1.165, 1.54) is 33.6 Å². The Morgan fingerprint density at radius 1 is 1.12 bits per heavy atom. The molecule has 49 heavy (non-hydrogen) atoms. The summed E-state index contributed by atoms with van der Waals surface area (Å²) in [7, 11) is 1.45. The number of likely N-dealkylation sites (tertiary alicyclic amines) is 2. The summed E-state index contributed by atoms with van der Waals surface area (Å²) < 4.78 is 68.5. The Kier molecular flexibility index (Phi) is 10.2. The van der Waals surface area contributed by atoms with E-state index in [1.54, 1.807) is 58.0 Å². The molecular formula is C34H39F4N5O5S. The van der Waals surface area contributed by atoms with E-state index in [9.17, 15) is 27.9 Å². The van der Waals surface area contributed by atoms with Crippen LogP contribution >= 0.6 is 11.8 Å². The number of nitrogens with one attached hydrogen (secondary N) is 2. The Labute approximate surface area is 286 Å². The van der Waals surface area contributed by atoms with E-state index < -0.39 is 35.0 Å². The molecule has 0 saturated carbocycles. The molecule has 2 aromatic heterocycles. The third-order valence-electron chi connectivity index (χ3n) is 7.90. The maximum absolute atomic E-state index is 15.3. The van der Waals surface area contributed by atoms with E-state index in [2.05, 4.69) is 22.5 Å². The van der Waals surface area contributed by atoms with Crippen molar-refractivity contribution in [3.8, 4) is 17.6 Å². The van der Waals surface area contributed by atoms with Crippen molar-refractivity contribution in [2.75, 3.05) is 50.5 Å². The highest BCUT2D eigenvalue weighted by atomic mass is 32.2. The number of rotatable bonds is 7. The molecule has 2 aliphatic rings. The van der Waals surface area contributed by atoms with E-state index in [-0.39, 0.29) is 67.4 Å². The van der Waals surface area contributed by atoms with Crippen LogP contribution in [0.25, 0.3) is 5.52 Å². The average molecular weight is 706 g/mol. The molecule has 2 atom stereocenters. The Hall–Kier alpha value is -4.29. The van der Waals surface area contributed by atoms with Gasteiger partial charge in [0, 0.05) is 30.1 Å². The minimum Gasteiger partial charge on any atom is -0.495 e. The first-order valence-corrected chi connectivity index (χ1v) is 16.5. The first-order chi connectivity index (χ1) is 22.9. The van der Waals surface area contributed by atoms with Gasteiger partial charge in [0.15, 0.2) is 0 Å². The van der Waals surface area contributed by atoms with Gasteiger partial charge < -0.3 is 39.4 Å². The molecule has 0 bridgehead atoms. The van der Waals surface area contributed by atoms with Crippen LogP contribution in [-0.4, -0.2) is 100 Å². The third-order valence-corrected chi connectivity index (χ3v) is 8.74. The number of thioether (sulfide) groups is 1. The monoisotopic (exact) mass is 705 g/mol. The van der Waals surface area contributed by atoms with Crippen LogP contribution in [0, 0.1) is 11.8 Å². The number of benzene rings is 1. The van der Waals surface area contributed by atoms with Gasteiger partial charge in [-0.25, -0.2) is 9.18 Å². The lowest BCUT2D eigenvalue weighted by Gasteiger charge is -2.44. The zero-order valence-corrected chi connectivity index (χ0v) is 28.6. The second-order valence-corrected chi connectivity index (χ2v) is 14.4. The summed E-state index contributed by atoms with van der Waals surface area (Å²) in [5.74, 6) is 5.84. The maximum atomic E-state index is 15.3. The number of alkyl halides is 4. The normalized spacial score (nSPS) is 19.1. The van der Waals surface area contributed by atoms with Crippen LogP contribution in [0.5, 0.6) is 5.75 Å². The number of aromatic nitrogens is 1. The van der Waals surface area contributed by atoms with Gasteiger partial charge in [0.05, 0.1) is 67.4 Å². The van der Waals surface area contributed by atoms with E-state index >= 15 is 4.39 Å². The summed E-state index contributed by atoms with van der Waals surface area (Å²) in [5.41, 5.74) is -4.35. The van der Waals surface area contributed by atoms with Crippen LogP contribution in [-0.2, 0) is 4.74 Å². The lowest BCUT2D eigenvalue weighted by Crippen LogP contribution is -2.61. The van der Waals surface area contributed by atoms with Crippen LogP contribution in [0.1, 0.15) is 50.0 Å². The van der Waals surface area contributed by atoms with Gasteiger partial charge in [0.1, 0.15) is 22.5 Å². The molecule has 2 fully saturated rings. The third kappa shape index (κ3) is 8.85. The summed E-state index contributed by atoms with van der Waals surface area (Å²) in [6, 6.07) is 8.91. The number of methoxy groups -OCH3 is 1. The Balaban J connectivity index is 1.31. The van der Waals surface area contributed by atoms with Crippen molar-refractivity contribution >= 4 is 40.7 Å². The fraction of sp³-hybridized carbons (Fsp3) is 0.471. The summed E-state index contributed by atoms with van der Waals surface area (Å²) >= 11 is -0.291. The molecule has 0 spiro atoms. The van der Waals surface area contributed by atoms with Gasteiger partial charge in [-0.1, -0.05) is 11.8 Å².